The van der Waals surface area contributed by atoms with Gasteiger partial charge in [0.25, 0.3) is 0 Å². The molecule has 2 rings (SSSR count). The lowest BCUT2D eigenvalue weighted by Crippen LogP contribution is -2.07. The molecule has 0 fully saturated rings. The topological polar surface area (TPSA) is 56.0 Å². The average Bonchev–Trinajstić information content (AvgIpc) is 2.16. The van der Waals surface area contributed by atoms with Crippen LogP contribution in [0.25, 0.3) is 11.1 Å². The van der Waals surface area contributed by atoms with Crippen molar-refractivity contribution in [2.45, 2.75) is 13.3 Å². The summed E-state index contributed by atoms with van der Waals surface area (Å²) >= 11 is 0. The van der Waals surface area contributed by atoms with Gasteiger partial charge in [0.05, 0.1) is 5.69 Å². The summed E-state index contributed by atoms with van der Waals surface area (Å²) in [6, 6.07) is 3.44. The van der Waals surface area contributed by atoms with Gasteiger partial charge in [-0.05, 0) is 18.6 Å². The second-order valence-electron chi connectivity index (χ2n) is 2.63. The maximum atomic E-state index is 11.0. The zero-order valence-electron chi connectivity index (χ0n) is 7.15. The normalized spacial score (nSPS) is 10.5. The number of rotatable bonds is 1. The van der Waals surface area contributed by atoms with E-state index >= 15 is 0 Å². The second kappa shape index (κ2) is 2.97. The highest BCUT2D eigenvalue weighted by atomic mass is 16.4. The van der Waals surface area contributed by atoms with Gasteiger partial charge < -0.3 is 4.42 Å². The van der Waals surface area contributed by atoms with E-state index in [-0.39, 0.29) is 0 Å². The largest absolute Gasteiger partial charge is 0.439 e. The third-order valence-corrected chi connectivity index (χ3v) is 1.80. The number of fused-ring (bicyclic) bond motifs is 1. The maximum absolute atomic E-state index is 11.0. The van der Waals surface area contributed by atoms with Gasteiger partial charge in [-0.2, -0.15) is 4.98 Å². The molecule has 0 unspecified atom stereocenters. The fourth-order valence-electron chi connectivity index (χ4n) is 1.22. The Bertz CT molecular complexity index is 490. The Morgan fingerprint density at radius 2 is 2.38 bits per heavy atom. The first-order valence-electron chi connectivity index (χ1n) is 4.06. The van der Waals surface area contributed by atoms with Crippen molar-refractivity contribution in [3.8, 4) is 0 Å². The number of hydrogen-bond acceptors (Lipinski definition) is 4. The van der Waals surface area contributed by atoms with Gasteiger partial charge in [0, 0.05) is 6.20 Å². The Morgan fingerprint density at radius 3 is 3.15 bits per heavy atom. The van der Waals surface area contributed by atoms with E-state index in [0.717, 1.165) is 0 Å². The van der Waals surface area contributed by atoms with Crippen LogP contribution in [0.4, 0.5) is 0 Å². The monoisotopic (exact) mass is 176 g/mol. The minimum atomic E-state index is -0.558. The molecule has 2 heterocycles. The molecule has 0 radical (unpaired) electrons. The fourth-order valence-corrected chi connectivity index (χ4v) is 1.22. The van der Waals surface area contributed by atoms with Gasteiger partial charge in [-0.15, -0.1) is 0 Å². The number of nitrogens with zero attached hydrogens (tertiary/aromatic N) is 2. The SMILES string of the molecule is CCc1nc(=O)oc2cccnc12. The molecular weight excluding hydrogens is 168 g/mol. The minimum absolute atomic E-state index is 0.499. The first-order valence-corrected chi connectivity index (χ1v) is 4.06. The Morgan fingerprint density at radius 1 is 1.54 bits per heavy atom. The van der Waals surface area contributed by atoms with Gasteiger partial charge in [-0.1, -0.05) is 6.92 Å². The van der Waals surface area contributed by atoms with E-state index in [2.05, 4.69) is 9.97 Å². The number of pyridine rings is 1. The van der Waals surface area contributed by atoms with Crippen LogP contribution in [-0.4, -0.2) is 9.97 Å². The number of aryl methyl sites for hydroxylation is 1. The summed E-state index contributed by atoms with van der Waals surface area (Å²) < 4.78 is 4.87. The molecule has 4 nitrogen and oxygen atoms in total. The van der Waals surface area contributed by atoms with Crippen LogP contribution in [0.15, 0.2) is 27.5 Å². The zero-order valence-corrected chi connectivity index (χ0v) is 7.15. The van der Waals surface area contributed by atoms with Gasteiger partial charge >= 0.3 is 5.76 Å². The molecule has 2 aromatic heterocycles. The van der Waals surface area contributed by atoms with E-state index in [1.165, 1.54) is 0 Å². The molecule has 4 heteroatoms. The minimum Gasteiger partial charge on any atom is -0.406 e. The predicted molar refractivity (Wildman–Crippen MR) is 47.5 cm³/mol. The van der Waals surface area contributed by atoms with E-state index in [0.29, 0.717) is 23.2 Å². The molecular formula is C9H8N2O2. The van der Waals surface area contributed by atoms with Crippen molar-refractivity contribution in [1.29, 1.82) is 0 Å². The average molecular weight is 176 g/mol. The predicted octanol–water partition coefficient (Wildman–Crippen LogP) is 1.15. The molecule has 0 N–H and O–H groups in total. The van der Waals surface area contributed by atoms with Crippen molar-refractivity contribution in [3.05, 3.63) is 34.6 Å². The lowest BCUT2D eigenvalue weighted by Gasteiger charge is -1.98. The molecule has 0 aliphatic carbocycles. The van der Waals surface area contributed by atoms with Gasteiger partial charge in [0.15, 0.2) is 5.58 Å². The summed E-state index contributed by atoms with van der Waals surface area (Å²) in [5, 5.41) is 0. The summed E-state index contributed by atoms with van der Waals surface area (Å²) in [6.07, 6.45) is 2.34. The molecule has 0 amide bonds. The molecule has 0 atom stereocenters. The zero-order chi connectivity index (χ0) is 9.26. The highest BCUT2D eigenvalue weighted by molar-refractivity contribution is 5.73. The third kappa shape index (κ3) is 1.30. The summed E-state index contributed by atoms with van der Waals surface area (Å²) in [5.74, 6) is -0.558. The summed E-state index contributed by atoms with van der Waals surface area (Å²) in [5.41, 5.74) is 1.86. The smallest absolute Gasteiger partial charge is 0.406 e. The van der Waals surface area contributed by atoms with Crippen LogP contribution in [0.3, 0.4) is 0 Å². The van der Waals surface area contributed by atoms with E-state index in [1.807, 2.05) is 6.92 Å². The highest BCUT2D eigenvalue weighted by Gasteiger charge is 2.04. The number of hydrogen-bond donors (Lipinski definition) is 0. The van der Waals surface area contributed by atoms with E-state index in [9.17, 15) is 4.79 Å². The molecule has 0 aromatic carbocycles. The molecule has 66 valence electrons. The van der Waals surface area contributed by atoms with Crippen molar-refractivity contribution in [1.82, 2.24) is 9.97 Å². The van der Waals surface area contributed by atoms with Crippen LogP contribution >= 0.6 is 0 Å². The van der Waals surface area contributed by atoms with E-state index in [1.54, 1.807) is 18.3 Å². The summed E-state index contributed by atoms with van der Waals surface area (Å²) in [6.45, 7) is 1.93. The Hall–Kier alpha value is -1.71. The van der Waals surface area contributed by atoms with Gasteiger partial charge in [-0.25, -0.2) is 4.79 Å². The van der Waals surface area contributed by atoms with Crippen LogP contribution in [0.2, 0.25) is 0 Å². The van der Waals surface area contributed by atoms with Crippen LogP contribution < -0.4 is 5.76 Å². The fraction of sp³-hybridized carbons (Fsp3) is 0.222. The number of aromatic nitrogens is 2. The van der Waals surface area contributed by atoms with Crippen molar-refractivity contribution in [2.75, 3.05) is 0 Å². The molecule has 2 aromatic rings. The molecule has 0 spiro atoms. The van der Waals surface area contributed by atoms with Gasteiger partial charge in [0.2, 0.25) is 0 Å². The standard InChI is InChI=1S/C9H8N2O2/c1-2-6-8-7(4-3-5-10-8)13-9(12)11-6/h3-5H,2H2,1H3. The molecule has 0 bridgehead atoms. The Balaban J connectivity index is 2.89. The molecule has 0 saturated carbocycles. The first kappa shape index (κ1) is 7.91. The van der Waals surface area contributed by atoms with Crippen LogP contribution in [0.1, 0.15) is 12.6 Å². The van der Waals surface area contributed by atoms with Crippen LogP contribution in [-0.2, 0) is 6.42 Å². The third-order valence-electron chi connectivity index (χ3n) is 1.80. The maximum Gasteiger partial charge on any atom is 0.439 e. The van der Waals surface area contributed by atoms with E-state index in [4.69, 9.17) is 4.42 Å². The summed E-state index contributed by atoms with van der Waals surface area (Å²) in [7, 11) is 0. The molecule has 0 aliphatic heterocycles. The van der Waals surface area contributed by atoms with Crippen molar-refractivity contribution < 1.29 is 4.42 Å². The van der Waals surface area contributed by atoms with Crippen LogP contribution in [0.5, 0.6) is 0 Å². The first-order chi connectivity index (χ1) is 6.31. The lowest BCUT2D eigenvalue weighted by molar-refractivity contribution is 0.525. The van der Waals surface area contributed by atoms with Gasteiger partial charge in [-0.3, -0.25) is 4.98 Å². The lowest BCUT2D eigenvalue weighted by atomic mass is 10.2. The van der Waals surface area contributed by atoms with E-state index < -0.39 is 5.76 Å². The molecule has 13 heavy (non-hydrogen) atoms. The van der Waals surface area contributed by atoms with Crippen molar-refractivity contribution in [3.63, 3.8) is 0 Å². The quantitative estimate of drug-likeness (QED) is 0.653. The molecule has 0 aliphatic rings. The highest BCUT2D eigenvalue weighted by Crippen LogP contribution is 2.11. The Labute approximate surface area is 74.2 Å². The second-order valence-corrected chi connectivity index (χ2v) is 2.63. The van der Waals surface area contributed by atoms with Gasteiger partial charge in [0.1, 0.15) is 5.52 Å². The van der Waals surface area contributed by atoms with Crippen molar-refractivity contribution in [2.24, 2.45) is 0 Å². The Kier molecular flexibility index (Phi) is 1.81. The summed E-state index contributed by atoms with van der Waals surface area (Å²) in [4.78, 5) is 18.8. The van der Waals surface area contributed by atoms with Crippen LogP contribution in [0, 0.1) is 0 Å². The molecule has 0 saturated heterocycles. The van der Waals surface area contributed by atoms with Crippen molar-refractivity contribution >= 4 is 11.1 Å².